The molecule has 0 unspecified atom stereocenters. The van der Waals surface area contributed by atoms with Gasteiger partial charge in [0.15, 0.2) is 18.9 Å². The highest BCUT2D eigenvalue weighted by atomic mass is 16.8. The van der Waals surface area contributed by atoms with Crippen LogP contribution in [0, 0.1) is 0 Å². The molecule has 3 heterocycles. The van der Waals surface area contributed by atoms with Crippen molar-refractivity contribution < 1.29 is 74.4 Å². The van der Waals surface area contributed by atoms with Crippen LogP contribution in [0.15, 0.2) is 0 Å². The molecule has 0 aromatic carbocycles. The average Bonchev–Trinajstić information content (AvgIpc) is 3.27. The summed E-state index contributed by atoms with van der Waals surface area (Å²) in [5, 5.41) is 91.6. The van der Waals surface area contributed by atoms with Crippen molar-refractivity contribution >= 4 is 0 Å². The first kappa shape index (κ1) is 34.1. The molecule has 0 aromatic rings. The first-order chi connectivity index (χ1) is 19.8. The van der Waals surface area contributed by atoms with Crippen LogP contribution in [0.25, 0.3) is 0 Å². The molecule has 4 rings (SSSR count). The van der Waals surface area contributed by atoms with Gasteiger partial charge in [-0.3, -0.25) is 0 Å². The number of nitrogens with two attached hydrogens (primary N) is 4. The van der Waals surface area contributed by atoms with Gasteiger partial charge in [0.1, 0.15) is 67.1 Å². The van der Waals surface area contributed by atoms with Crippen LogP contribution in [0.4, 0.5) is 0 Å². The van der Waals surface area contributed by atoms with Gasteiger partial charge in [0.25, 0.3) is 0 Å². The van der Waals surface area contributed by atoms with Crippen LogP contribution < -0.4 is 22.9 Å². The van der Waals surface area contributed by atoms with Crippen molar-refractivity contribution in [1.82, 2.24) is 0 Å². The van der Waals surface area contributed by atoms with Gasteiger partial charge in [0.2, 0.25) is 0 Å². The monoisotopic (exact) mass is 616 g/mol. The molecule has 246 valence electrons. The van der Waals surface area contributed by atoms with E-state index in [9.17, 15) is 46.0 Å². The molecule has 3 saturated heterocycles. The molecule has 0 amide bonds. The molecule has 1 aliphatic carbocycles. The molecule has 19 nitrogen and oxygen atoms in total. The normalized spacial score (nSPS) is 53.8. The third-order valence-corrected chi connectivity index (χ3v) is 8.27. The van der Waals surface area contributed by atoms with Gasteiger partial charge in [-0.1, -0.05) is 0 Å². The quantitative estimate of drug-likeness (QED) is 0.114. The van der Waals surface area contributed by atoms with E-state index in [0.29, 0.717) is 0 Å². The zero-order chi connectivity index (χ0) is 31.0. The Morgan fingerprint density at radius 2 is 0.905 bits per heavy atom. The lowest BCUT2D eigenvalue weighted by molar-refractivity contribution is -0.310. The van der Waals surface area contributed by atoms with Gasteiger partial charge in [-0.05, 0) is 6.42 Å². The van der Waals surface area contributed by atoms with Crippen LogP contribution >= 0.6 is 0 Å². The lowest BCUT2D eigenvalue weighted by Gasteiger charge is -2.47. The minimum Gasteiger partial charge on any atom is -0.394 e. The summed E-state index contributed by atoms with van der Waals surface area (Å²) >= 11 is 0. The van der Waals surface area contributed by atoms with Crippen LogP contribution in [-0.2, 0) is 28.4 Å². The molecule has 19 heteroatoms. The van der Waals surface area contributed by atoms with Crippen LogP contribution in [0.2, 0.25) is 0 Å². The Labute approximate surface area is 240 Å². The van der Waals surface area contributed by atoms with E-state index in [4.69, 9.17) is 51.4 Å². The summed E-state index contributed by atoms with van der Waals surface area (Å²) in [6.45, 7) is -2.02. The molecule has 4 fully saturated rings. The molecule has 0 bridgehead atoms. The maximum absolute atomic E-state index is 11.1. The van der Waals surface area contributed by atoms with Crippen molar-refractivity contribution in [2.45, 2.75) is 123 Å². The van der Waals surface area contributed by atoms with Crippen LogP contribution in [0.5, 0.6) is 0 Å². The van der Waals surface area contributed by atoms with Crippen molar-refractivity contribution in [3.63, 3.8) is 0 Å². The van der Waals surface area contributed by atoms with Crippen LogP contribution in [-0.4, -0.2) is 182 Å². The lowest BCUT2D eigenvalue weighted by Crippen LogP contribution is -2.68. The number of hydrogen-bond donors (Lipinski definition) is 13. The van der Waals surface area contributed by atoms with Gasteiger partial charge in [0, 0.05) is 12.1 Å². The van der Waals surface area contributed by atoms with Crippen molar-refractivity contribution in [3.8, 4) is 0 Å². The Morgan fingerprint density at radius 1 is 0.476 bits per heavy atom. The molecule has 17 N–H and O–H groups in total. The third kappa shape index (κ3) is 6.60. The number of aliphatic hydroxyl groups is 9. The summed E-state index contributed by atoms with van der Waals surface area (Å²) in [5.41, 5.74) is 24.2. The highest BCUT2D eigenvalue weighted by Gasteiger charge is 2.54. The highest BCUT2D eigenvalue weighted by Crippen LogP contribution is 2.34. The van der Waals surface area contributed by atoms with E-state index in [1.807, 2.05) is 0 Å². The smallest absolute Gasteiger partial charge is 0.187 e. The fourth-order valence-electron chi connectivity index (χ4n) is 5.65. The summed E-state index contributed by atoms with van der Waals surface area (Å²) in [6, 6.07) is -4.39. The van der Waals surface area contributed by atoms with Gasteiger partial charge < -0.3 is 97.3 Å². The molecule has 42 heavy (non-hydrogen) atoms. The van der Waals surface area contributed by atoms with Crippen LogP contribution in [0.1, 0.15) is 6.42 Å². The van der Waals surface area contributed by atoms with Gasteiger partial charge >= 0.3 is 0 Å². The maximum atomic E-state index is 11.1. The Bertz CT molecular complexity index is 865. The lowest BCUT2D eigenvalue weighted by atomic mass is 9.84. The number of ether oxygens (including phenoxy) is 6. The molecule has 3 aliphatic heterocycles. The Balaban J connectivity index is 1.50. The Hall–Kier alpha value is -0.760. The van der Waals surface area contributed by atoms with E-state index >= 15 is 0 Å². The zero-order valence-corrected chi connectivity index (χ0v) is 22.6. The van der Waals surface area contributed by atoms with E-state index in [1.165, 1.54) is 0 Å². The first-order valence-electron chi connectivity index (χ1n) is 13.7. The SMILES string of the molecule is N[C@H]1[C@@H](O[C@H]2[C@H](O[C@@H]3O[C@H](CO)[C@@H](O[C@H]4O[C@H](CO)[C@@H](O)[C@H](O)[C@H]4N)[C@H]3O)[C@@H](O)[C@H](N)C[C@@H]2N)O[C@H](CO)[C@@H](O)[C@@H]1O. The fraction of sp³-hybridized carbons (Fsp3) is 1.00. The Kier molecular flexibility index (Phi) is 11.5. The highest BCUT2D eigenvalue weighted by molar-refractivity contribution is 5.02. The van der Waals surface area contributed by atoms with E-state index in [0.717, 1.165) is 0 Å². The summed E-state index contributed by atoms with van der Waals surface area (Å²) in [6.07, 6.45) is -21.2. The minimum absolute atomic E-state index is 0.0540. The summed E-state index contributed by atoms with van der Waals surface area (Å²) in [5.74, 6) is 0. The molecule has 19 atom stereocenters. The maximum Gasteiger partial charge on any atom is 0.187 e. The predicted molar refractivity (Wildman–Crippen MR) is 134 cm³/mol. The summed E-state index contributed by atoms with van der Waals surface area (Å²) in [7, 11) is 0. The van der Waals surface area contributed by atoms with E-state index in [2.05, 4.69) is 0 Å². The predicted octanol–water partition coefficient (Wildman–Crippen LogP) is -8.83. The molecule has 0 radical (unpaired) electrons. The number of rotatable bonds is 9. The minimum atomic E-state index is -1.65. The topological polar surface area (TPSA) is 342 Å². The van der Waals surface area contributed by atoms with E-state index < -0.39 is 136 Å². The molecule has 0 aromatic heterocycles. The van der Waals surface area contributed by atoms with Crippen molar-refractivity contribution in [3.05, 3.63) is 0 Å². The largest absolute Gasteiger partial charge is 0.394 e. The second-order valence-corrected chi connectivity index (χ2v) is 11.1. The van der Waals surface area contributed by atoms with Crippen molar-refractivity contribution in [1.29, 1.82) is 0 Å². The second kappa shape index (κ2) is 14.1. The second-order valence-electron chi connectivity index (χ2n) is 11.1. The molecular formula is C23H44N4O15. The average molecular weight is 617 g/mol. The number of aliphatic hydroxyl groups excluding tert-OH is 9. The fourth-order valence-corrected chi connectivity index (χ4v) is 5.65. The van der Waals surface area contributed by atoms with Gasteiger partial charge in [-0.15, -0.1) is 0 Å². The third-order valence-electron chi connectivity index (χ3n) is 8.27. The Morgan fingerprint density at radius 3 is 1.38 bits per heavy atom. The zero-order valence-electron chi connectivity index (χ0n) is 22.6. The summed E-state index contributed by atoms with van der Waals surface area (Å²) < 4.78 is 34.2. The van der Waals surface area contributed by atoms with E-state index in [1.54, 1.807) is 0 Å². The van der Waals surface area contributed by atoms with E-state index in [-0.39, 0.29) is 6.42 Å². The molecular weight excluding hydrogens is 572 g/mol. The molecule has 4 aliphatic rings. The van der Waals surface area contributed by atoms with Crippen molar-refractivity contribution in [2.75, 3.05) is 19.8 Å². The summed E-state index contributed by atoms with van der Waals surface area (Å²) in [4.78, 5) is 0. The number of hydrogen-bond acceptors (Lipinski definition) is 19. The van der Waals surface area contributed by atoms with Crippen molar-refractivity contribution in [2.24, 2.45) is 22.9 Å². The molecule has 1 saturated carbocycles. The van der Waals surface area contributed by atoms with Crippen LogP contribution in [0.3, 0.4) is 0 Å². The molecule has 0 spiro atoms. The first-order valence-corrected chi connectivity index (χ1v) is 13.7. The van der Waals surface area contributed by atoms with Gasteiger partial charge in [-0.2, -0.15) is 0 Å². The van der Waals surface area contributed by atoms with Gasteiger partial charge in [0.05, 0.1) is 38.0 Å². The standard InChI is InChI=1S/C23H44N4O15/c24-5-1-6(25)18(40-21-10(26)15(34)13(32)7(2-28)37-21)20(12(5)31)42-23-17(36)19(9(4-30)39-23)41-22-11(27)16(35)14(33)8(3-29)38-22/h5-23,28-36H,1-4,24-27H2/t5-,6+,7-,8-,9-,10-,11-,12+,13-,14-,15-,16-,17-,18-,19-,20-,21-,22-,23+/m1/s1. The van der Waals surface area contributed by atoms with Gasteiger partial charge in [-0.25, -0.2) is 0 Å².